The van der Waals surface area contributed by atoms with Gasteiger partial charge in [0.2, 0.25) is 9.84 Å². The molecule has 0 aliphatic heterocycles. The molecule has 0 spiro atoms. The number of rotatable bonds is 5. The Kier molecular flexibility index (Phi) is 6.61. The number of nitrogens with one attached hydrogen (secondary N) is 1. The van der Waals surface area contributed by atoms with Crippen molar-refractivity contribution in [1.82, 2.24) is 0 Å². The van der Waals surface area contributed by atoms with Gasteiger partial charge in [0.15, 0.2) is 6.61 Å². The Balaban J connectivity index is 2.44. The molecule has 2 aromatic carbocycles. The van der Waals surface area contributed by atoms with Crippen LogP contribution in [0.5, 0.6) is 5.75 Å². The molecule has 6 nitrogen and oxygen atoms in total. The lowest BCUT2D eigenvalue weighted by molar-refractivity contribution is -0.153. The van der Waals surface area contributed by atoms with Crippen LogP contribution in [0.1, 0.15) is 5.56 Å². The van der Waals surface area contributed by atoms with E-state index in [9.17, 15) is 34.8 Å². The van der Waals surface area contributed by atoms with Crippen LogP contribution in [-0.2, 0) is 16.0 Å². The molecule has 0 radical (unpaired) electrons. The lowest BCUT2D eigenvalue weighted by Gasteiger charge is -2.15. The summed E-state index contributed by atoms with van der Waals surface area (Å²) >= 11 is 0. The summed E-state index contributed by atoms with van der Waals surface area (Å²) in [5, 5.41) is 11.3. The van der Waals surface area contributed by atoms with Crippen molar-refractivity contribution in [3.05, 3.63) is 54.1 Å². The second-order valence-electron chi connectivity index (χ2n) is 5.57. The molecule has 0 aliphatic carbocycles. The summed E-state index contributed by atoms with van der Waals surface area (Å²) in [6.07, 6.45) is -9.63. The average Bonchev–Trinajstić information content (AvgIpc) is 2.66. The average molecular weight is 451 g/mol. The Bertz CT molecular complexity index is 1070. The second kappa shape index (κ2) is 8.62. The van der Waals surface area contributed by atoms with Crippen LogP contribution in [0.3, 0.4) is 0 Å². The van der Waals surface area contributed by atoms with Crippen LogP contribution in [0.15, 0.2) is 58.5 Å². The smallest absolute Gasteiger partial charge is 0.422 e. The molecule has 0 aliphatic rings. The van der Waals surface area contributed by atoms with Gasteiger partial charge in [-0.15, -0.1) is 0 Å². The first-order valence-corrected chi connectivity index (χ1v) is 9.27. The van der Waals surface area contributed by atoms with Gasteiger partial charge in [0.25, 0.3) is 5.04 Å². The molecule has 0 saturated carbocycles. The van der Waals surface area contributed by atoms with Gasteiger partial charge in [-0.05, 0) is 30.3 Å². The minimum absolute atomic E-state index is 0.315. The van der Waals surface area contributed by atoms with Gasteiger partial charge in [-0.2, -0.15) is 36.7 Å². The first-order valence-electron chi connectivity index (χ1n) is 7.79. The van der Waals surface area contributed by atoms with Gasteiger partial charge < -0.3 is 4.74 Å². The Morgan fingerprint density at radius 1 is 1.07 bits per heavy atom. The number of nitriles is 1. The fourth-order valence-electron chi connectivity index (χ4n) is 2.05. The van der Waals surface area contributed by atoms with Crippen LogP contribution < -0.4 is 10.2 Å². The topological polar surface area (TPSA) is 91.5 Å². The number of alkyl halides is 6. The molecule has 160 valence electrons. The van der Waals surface area contributed by atoms with Crippen LogP contribution >= 0.6 is 0 Å². The maximum absolute atomic E-state index is 12.9. The summed E-state index contributed by atoms with van der Waals surface area (Å²) < 4.78 is 105. The molecule has 0 aromatic heterocycles. The predicted molar refractivity (Wildman–Crippen MR) is 93.3 cm³/mol. The molecule has 0 amide bonds. The van der Waals surface area contributed by atoms with Crippen LogP contribution in [0.2, 0.25) is 0 Å². The third-order valence-corrected chi connectivity index (χ3v) is 4.96. The summed E-state index contributed by atoms with van der Waals surface area (Å²) in [6, 6.07) is 9.31. The zero-order valence-electron chi connectivity index (χ0n) is 14.6. The van der Waals surface area contributed by atoms with Crippen LogP contribution in [0, 0.1) is 11.3 Å². The van der Waals surface area contributed by atoms with Crippen molar-refractivity contribution < 1.29 is 39.5 Å². The van der Waals surface area contributed by atoms with Crippen molar-refractivity contribution in [3.8, 4) is 11.8 Å². The van der Waals surface area contributed by atoms with Gasteiger partial charge in [-0.25, -0.2) is 8.42 Å². The fraction of sp³-hybridized carbons (Fsp3) is 0.176. The normalized spacial score (nSPS) is 12.9. The molecular weight excluding hydrogens is 440 g/mol. The SMILES string of the molecule is N#C/C(=N/Nc1cc(C(F)(F)F)ccc1OCC(F)(F)F)S(=O)(=O)c1ccccc1. The number of halogens is 6. The highest BCUT2D eigenvalue weighted by molar-refractivity contribution is 8.07. The standard InChI is InChI=1S/C17H11F6N3O3S/c18-16(19,20)10-29-14-7-6-11(17(21,22)23)8-13(14)25-26-15(9-24)30(27,28)12-4-2-1-3-5-12/h1-8,25H,10H2/b26-15-. The van der Waals surface area contributed by atoms with E-state index < -0.39 is 50.8 Å². The zero-order chi connectivity index (χ0) is 22.6. The van der Waals surface area contributed by atoms with E-state index in [1.807, 2.05) is 5.43 Å². The van der Waals surface area contributed by atoms with Crippen molar-refractivity contribution >= 4 is 20.6 Å². The van der Waals surface area contributed by atoms with Crippen molar-refractivity contribution in [2.75, 3.05) is 12.0 Å². The summed E-state index contributed by atoms with van der Waals surface area (Å²) in [5.41, 5.74) is -0.0949. The fourth-order valence-corrected chi connectivity index (χ4v) is 3.07. The largest absolute Gasteiger partial charge is 0.482 e. The van der Waals surface area contributed by atoms with Gasteiger partial charge in [-0.3, -0.25) is 5.43 Å². The zero-order valence-corrected chi connectivity index (χ0v) is 15.4. The molecule has 0 heterocycles. The summed E-state index contributed by atoms with van der Waals surface area (Å²) in [5.74, 6) is -0.682. The van der Waals surface area contributed by atoms with Crippen molar-refractivity contribution in [3.63, 3.8) is 0 Å². The molecule has 0 unspecified atom stereocenters. The Hall–Kier alpha value is -3.27. The van der Waals surface area contributed by atoms with Crippen LogP contribution in [0.25, 0.3) is 0 Å². The Morgan fingerprint density at radius 3 is 2.23 bits per heavy atom. The highest BCUT2D eigenvalue weighted by Gasteiger charge is 2.33. The number of hydrogen-bond acceptors (Lipinski definition) is 6. The maximum atomic E-state index is 12.9. The van der Waals surface area contributed by atoms with E-state index in [2.05, 4.69) is 9.84 Å². The van der Waals surface area contributed by atoms with Gasteiger partial charge >= 0.3 is 12.4 Å². The van der Waals surface area contributed by atoms with E-state index in [-0.39, 0.29) is 4.90 Å². The molecule has 0 saturated heterocycles. The third-order valence-electron chi connectivity index (χ3n) is 3.38. The first-order chi connectivity index (χ1) is 13.8. The number of hydrazone groups is 1. The minimum Gasteiger partial charge on any atom is -0.482 e. The number of anilines is 1. The van der Waals surface area contributed by atoms with Crippen molar-refractivity contribution in [2.24, 2.45) is 5.10 Å². The van der Waals surface area contributed by atoms with E-state index >= 15 is 0 Å². The molecule has 30 heavy (non-hydrogen) atoms. The molecule has 0 atom stereocenters. The lowest BCUT2D eigenvalue weighted by Crippen LogP contribution is -2.20. The van der Waals surface area contributed by atoms with E-state index in [1.54, 1.807) is 0 Å². The molecule has 13 heteroatoms. The van der Waals surface area contributed by atoms with E-state index in [0.717, 1.165) is 12.1 Å². The number of sulfone groups is 1. The molecule has 1 N–H and O–H groups in total. The summed E-state index contributed by atoms with van der Waals surface area (Å²) in [7, 11) is -4.42. The van der Waals surface area contributed by atoms with Gasteiger partial charge in [0.1, 0.15) is 11.8 Å². The second-order valence-corrected chi connectivity index (χ2v) is 7.43. The maximum Gasteiger partial charge on any atom is 0.422 e. The number of hydrogen-bond donors (Lipinski definition) is 1. The van der Waals surface area contributed by atoms with Gasteiger partial charge in [-0.1, -0.05) is 18.2 Å². The first kappa shape index (κ1) is 23.0. The monoisotopic (exact) mass is 451 g/mol. The molecule has 0 bridgehead atoms. The Morgan fingerprint density at radius 2 is 1.70 bits per heavy atom. The Labute approximate surface area is 166 Å². The van der Waals surface area contributed by atoms with Crippen molar-refractivity contribution in [2.45, 2.75) is 17.2 Å². The predicted octanol–water partition coefficient (Wildman–Crippen LogP) is 4.37. The highest BCUT2D eigenvalue weighted by Crippen LogP contribution is 2.35. The summed E-state index contributed by atoms with van der Waals surface area (Å²) in [4.78, 5) is -0.315. The van der Waals surface area contributed by atoms with E-state index in [0.29, 0.717) is 18.2 Å². The third kappa shape index (κ3) is 5.86. The number of nitrogens with zero attached hydrogens (tertiary/aromatic N) is 2. The molecule has 2 aromatic rings. The number of benzene rings is 2. The van der Waals surface area contributed by atoms with Crippen LogP contribution in [-0.4, -0.2) is 26.2 Å². The lowest BCUT2D eigenvalue weighted by atomic mass is 10.2. The van der Waals surface area contributed by atoms with Gasteiger partial charge in [0.05, 0.1) is 16.1 Å². The van der Waals surface area contributed by atoms with Crippen LogP contribution in [0.4, 0.5) is 32.0 Å². The summed E-state index contributed by atoms with van der Waals surface area (Å²) in [6.45, 7) is -1.82. The minimum atomic E-state index is -4.85. The highest BCUT2D eigenvalue weighted by atomic mass is 32.2. The van der Waals surface area contributed by atoms with Gasteiger partial charge in [0, 0.05) is 0 Å². The van der Waals surface area contributed by atoms with E-state index in [1.165, 1.54) is 24.3 Å². The quantitative estimate of drug-likeness (QED) is 0.316. The van der Waals surface area contributed by atoms with Crippen molar-refractivity contribution in [1.29, 1.82) is 5.26 Å². The molecule has 0 fully saturated rings. The number of ether oxygens (including phenoxy) is 1. The molecular formula is C17H11F6N3O3S. The van der Waals surface area contributed by atoms with E-state index in [4.69, 9.17) is 5.26 Å². The molecule has 2 rings (SSSR count).